The first-order valence-electron chi connectivity index (χ1n) is 13.2. The molecule has 0 bridgehead atoms. The largest absolute Gasteiger partial charge is 0.491 e. The molecule has 0 saturated carbocycles. The van der Waals surface area contributed by atoms with E-state index in [0.717, 1.165) is 37.0 Å². The summed E-state index contributed by atoms with van der Waals surface area (Å²) < 4.78 is 12.0. The van der Waals surface area contributed by atoms with Crippen LogP contribution in [0.15, 0.2) is 35.7 Å². The quantitative estimate of drug-likeness (QED) is 0.487. The van der Waals surface area contributed by atoms with Crippen LogP contribution in [-0.2, 0) is 16.0 Å². The van der Waals surface area contributed by atoms with E-state index in [1.165, 1.54) is 10.4 Å². The molecule has 1 aromatic carbocycles. The van der Waals surface area contributed by atoms with Crippen molar-refractivity contribution in [3.8, 4) is 5.75 Å². The van der Waals surface area contributed by atoms with Crippen molar-refractivity contribution in [3.05, 3.63) is 51.7 Å². The summed E-state index contributed by atoms with van der Waals surface area (Å²) in [4.78, 5) is 31.4. The Morgan fingerprint density at radius 3 is 2.75 bits per heavy atom. The fourth-order valence-electron chi connectivity index (χ4n) is 4.85. The molecule has 1 saturated heterocycles. The predicted octanol–water partition coefficient (Wildman–Crippen LogP) is 4.98. The number of hydrogen-bond acceptors (Lipinski definition) is 5. The fourth-order valence-corrected chi connectivity index (χ4v) is 5.78. The molecule has 2 aliphatic heterocycles. The third kappa shape index (κ3) is 6.59. The zero-order valence-corrected chi connectivity index (χ0v) is 22.5. The van der Waals surface area contributed by atoms with Gasteiger partial charge in [0.1, 0.15) is 18.9 Å². The first-order valence-corrected chi connectivity index (χ1v) is 14.1. The second-order valence-electron chi connectivity index (χ2n) is 9.93. The number of thiophene rings is 1. The molecule has 4 rings (SSSR count). The number of rotatable bonds is 10. The Hall–Kier alpha value is -2.58. The van der Waals surface area contributed by atoms with E-state index < -0.39 is 0 Å². The standard InChI is InChI=1S/C28H39N3O4S/c1-4-13-29-28(33)30(17-23-6-5-15-34-23)18-27(32)31-14-11-26-24(12-16-36-26)25(31)19-35-22-9-7-21(8-10-22)20(2)3/h7-10,12,16,20,23,25H,4-6,11,13-15,17-19H2,1-3H3,(H,29,33). The number of ether oxygens (including phenoxy) is 2. The van der Waals surface area contributed by atoms with E-state index in [9.17, 15) is 9.59 Å². The molecule has 3 heterocycles. The van der Waals surface area contributed by atoms with Crippen LogP contribution in [0.25, 0.3) is 0 Å². The second kappa shape index (κ2) is 12.6. The van der Waals surface area contributed by atoms with Gasteiger partial charge in [0, 0.05) is 31.1 Å². The van der Waals surface area contributed by atoms with Gasteiger partial charge < -0.3 is 24.6 Å². The van der Waals surface area contributed by atoms with Crippen LogP contribution < -0.4 is 10.1 Å². The molecular weight excluding hydrogens is 474 g/mol. The topological polar surface area (TPSA) is 71.1 Å². The van der Waals surface area contributed by atoms with Crippen LogP contribution in [0.1, 0.15) is 68.0 Å². The number of amides is 3. The Morgan fingerprint density at radius 1 is 1.25 bits per heavy atom. The van der Waals surface area contributed by atoms with E-state index in [1.54, 1.807) is 16.2 Å². The van der Waals surface area contributed by atoms with Crippen LogP contribution in [0.3, 0.4) is 0 Å². The van der Waals surface area contributed by atoms with Gasteiger partial charge in [0.25, 0.3) is 0 Å². The van der Waals surface area contributed by atoms with Crippen molar-refractivity contribution >= 4 is 23.3 Å². The van der Waals surface area contributed by atoms with Crippen molar-refractivity contribution in [2.45, 2.75) is 64.5 Å². The summed E-state index contributed by atoms with van der Waals surface area (Å²) in [6, 6.07) is 9.91. The van der Waals surface area contributed by atoms with Gasteiger partial charge in [-0.3, -0.25) is 4.79 Å². The molecule has 196 valence electrons. The SMILES string of the molecule is CCCNC(=O)N(CC(=O)N1CCc2sccc2C1COc1ccc(C(C)C)cc1)CC1CCCO1. The summed E-state index contributed by atoms with van der Waals surface area (Å²) in [7, 11) is 0. The monoisotopic (exact) mass is 513 g/mol. The summed E-state index contributed by atoms with van der Waals surface area (Å²) in [5.74, 6) is 1.21. The van der Waals surface area contributed by atoms with E-state index >= 15 is 0 Å². The highest BCUT2D eigenvalue weighted by molar-refractivity contribution is 7.10. The molecule has 7 nitrogen and oxygen atoms in total. The number of carbonyl (C=O) groups excluding carboxylic acids is 2. The number of carbonyl (C=O) groups is 2. The summed E-state index contributed by atoms with van der Waals surface area (Å²) in [6.07, 6.45) is 3.57. The Kier molecular flexibility index (Phi) is 9.26. The van der Waals surface area contributed by atoms with Crippen LogP contribution in [0.4, 0.5) is 4.79 Å². The molecule has 36 heavy (non-hydrogen) atoms. The maximum Gasteiger partial charge on any atom is 0.317 e. The second-order valence-corrected chi connectivity index (χ2v) is 10.9. The number of urea groups is 1. The molecule has 2 atom stereocenters. The van der Waals surface area contributed by atoms with Crippen molar-refractivity contribution in [1.82, 2.24) is 15.1 Å². The lowest BCUT2D eigenvalue weighted by Crippen LogP contribution is -2.51. The number of fused-ring (bicyclic) bond motifs is 1. The molecule has 1 aromatic heterocycles. The molecule has 2 unspecified atom stereocenters. The highest BCUT2D eigenvalue weighted by Gasteiger charge is 2.34. The van der Waals surface area contributed by atoms with Crippen LogP contribution in [0.2, 0.25) is 0 Å². The fraction of sp³-hybridized carbons (Fsp3) is 0.571. The smallest absolute Gasteiger partial charge is 0.317 e. The van der Waals surface area contributed by atoms with Crippen molar-refractivity contribution in [2.24, 2.45) is 0 Å². The summed E-state index contributed by atoms with van der Waals surface area (Å²) in [6.45, 7) is 9.13. The molecule has 0 aliphatic carbocycles. The Morgan fingerprint density at radius 2 is 2.06 bits per heavy atom. The average molecular weight is 514 g/mol. The molecule has 0 spiro atoms. The average Bonchev–Trinajstić information content (AvgIpc) is 3.57. The third-order valence-corrected chi connectivity index (χ3v) is 7.95. The van der Waals surface area contributed by atoms with Gasteiger partial charge >= 0.3 is 6.03 Å². The molecule has 2 aliphatic rings. The van der Waals surface area contributed by atoms with Crippen LogP contribution in [0.5, 0.6) is 5.75 Å². The Labute approximate surface area is 218 Å². The van der Waals surface area contributed by atoms with Gasteiger partial charge in [0.2, 0.25) is 5.91 Å². The van der Waals surface area contributed by atoms with E-state index in [-0.39, 0.29) is 30.6 Å². The zero-order valence-electron chi connectivity index (χ0n) is 21.7. The van der Waals surface area contributed by atoms with Crippen molar-refractivity contribution < 1.29 is 19.1 Å². The Bertz CT molecular complexity index is 1000. The lowest BCUT2D eigenvalue weighted by Gasteiger charge is -2.37. The molecule has 1 N–H and O–H groups in total. The van der Waals surface area contributed by atoms with Crippen LogP contribution in [0, 0.1) is 0 Å². The number of benzene rings is 1. The van der Waals surface area contributed by atoms with E-state index in [4.69, 9.17) is 9.47 Å². The Balaban J connectivity index is 1.46. The molecule has 1 fully saturated rings. The molecule has 8 heteroatoms. The summed E-state index contributed by atoms with van der Waals surface area (Å²) >= 11 is 1.73. The molecule has 2 aromatic rings. The van der Waals surface area contributed by atoms with Gasteiger partial charge in [0.15, 0.2) is 0 Å². The lowest BCUT2D eigenvalue weighted by atomic mass is 10.00. The summed E-state index contributed by atoms with van der Waals surface area (Å²) in [5, 5.41) is 5.02. The first-order chi connectivity index (χ1) is 17.5. The molecular formula is C28H39N3O4S. The van der Waals surface area contributed by atoms with Gasteiger partial charge in [0.05, 0.1) is 12.1 Å². The zero-order chi connectivity index (χ0) is 25.5. The van der Waals surface area contributed by atoms with Crippen molar-refractivity contribution in [1.29, 1.82) is 0 Å². The minimum absolute atomic E-state index is 0.0112. The van der Waals surface area contributed by atoms with Gasteiger partial charge in [-0.2, -0.15) is 0 Å². The lowest BCUT2D eigenvalue weighted by molar-refractivity contribution is -0.135. The van der Waals surface area contributed by atoms with Gasteiger partial charge in [-0.05, 0) is 66.3 Å². The normalized spacial score (nSPS) is 19.3. The maximum absolute atomic E-state index is 13.6. The van der Waals surface area contributed by atoms with E-state index in [0.29, 0.717) is 38.8 Å². The molecule has 3 amide bonds. The summed E-state index contributed by atoms with van der Waals surface area (Å²) in [5.41, 5.74) is 2.42. The van der Waals surface area contributed by atoms with Crippen LogP contribution in [-0.4, -0.2) is 67.2 Å². The minimum atomic E-state index is -0.202. The van der Waals surface area contributed by atoms with Crippen molar-refractivity contribution in [2.75, 3.05) is 39.4 Å². The third-order valence-electron chi connectivity index (χ3n) is 6.96. The highest BCUT2D eigenvalue weighted by Crippen LogP contribution is 2.34. The van der Waals surface area contributed by atoms with E-state index in [1.807, 2.05) is 24.0 Å². The highest BCUT2D eigenvalue weighted by atomic mass is 32.1. The minimum Gasteiger partial charge on any atom is -0.491 e. The maximum atomic E-state index is 13.6. The van der Waals surface area contributed by atoms with Gasteiger partial charge in [-0.15, -0.1) is 11.3 Å². The van der Waals surface area contributed by atoms with Crippen LogP contribution >= 0.6 is 11.3 Å². The van der Waals surface area contributed by atoms with E-state index in [2.05, 4.69) is 42.7 Å². The molecule has 0 radical (unpaired) electrons. The number of nitrogens with zero attached hydrogens (tertiary/aromatic N) is 2. The van der Waals surface area contributed by atoms with Crippen molar-refractivity contribution in [3.63, 3.8) is 0 Å². The first kappa shape index (κ1) is 26.5. The van der Waals surface area contributed by atoms with Gasteiger partial charge in [-0.1, -0.05) is 32.9 Å². The van der Waals surface area contributed by atoms with Gasteiger partial charge in [-0.25, -0.2) is 4.79 Å². The number of nitrogens with one attached hydrogen (secondary N) is 1. The number of hydrogen-bond donors (Lipinski definition) is 1. The predicted molar refractivity (Wildman–Crippen MR) is 143 cm³/mol.